The highest BCUT2D eigenvalue weighted by atomic mass is 35.5. The third-order valence-corrected chi connectivity index (χ3v) is 4.63. The molecule has 0 bridgehead atoms. The normalized spacial score (nSPS) is 11.0. The van der Waals surface area contributed by atoms with Crippen molar-refractivity contribution in [2.45, 2.75) is 13.3 Å². The van der Waals surface area contributed by atoms with Crippen LogP contribution in [0.4, 0.5) is 5.82 Å². The maximum Gasteiger partial charge on any atom is 0.355 e. The minimum absolute atomic E-state index is 0.395. The summed E-state index contributed by atoms with van der Waals surface area (Å²) in [5.74, 6) is 0.551. The molecule has 0 aliphatic heterocycles. The number of thiazole rings is 1. The molecule has 5 nitrogen and oxygen atoms in total. The number of halogens is 1. The molecule has 0 fully saturated rings. The highest BCUT2D eigenvalue weighted by Gasteiger charge is 2.17. The molecule has 108 valence electrons. The number of aromatic nitrogens is 3. The molecule has 3 aromatic rings. The lowest BCUT2D eigenvalue weighted by molar-refractivity contribution is 0.941. The average Bonchev–Trinajstić information content (AvgIpc) is 2.91. The van der Waals surface area contributed by atoms with Crippen molar-refractivity contribution in [2.75, 3.05) is 12.4 Å². The van der Waals surface area contributed by atoms with E-state index in [1.54, 1.807) is 19.2 Å². The first-order valence-electron chi connectivity index (χ1n) is 6.50. The van der Waals surface area contributed by atoms with E-state index >= 15 is 0 Å². The Kier molecular flexibility index (Phi) is 3.65. The van der Waals surface area contributed by atoms with Gasteiger partial charge in [-0.25, -0.2) is 14.3 Å². The number of fused-ring (bicyclic) bond motifs is 1. The minimum atomic E-state index is -0.395. The van der Waals surface area contributed by atoms with Crippen molar-refractivity contribution in [1.82, 2.24) is 14.5 Å². The molecule has 1 aromatic carbocycles. The Labute approximate surface area is 130 Å². The fraction of sp³-hybridized carbons (Fsp3) is 0.214. The van der Waals surface area contributed by atoms with Gasteiger partial charge in [0, 0.05) is 7.05 Å². The zero-order chi connectivity index (χ0) is 15.0. The molecule has 0 unspecified atom stereocenters. The van der Waals surface area contributed by atoms with E-state index in [4.69, 9.17) is 11.6 Å². The van der Waals surface area contributed by atoms with Crippen LogP contribution in [0.1, 0.15) is 11.9 Å². The number of rotatable bonds is 3. The number of para-hydroxylation sites is 1. The lowest BCUT2D eigenvalue weighted by Crippen LogP contribution is -2.23. The van der Waals surface area contributed by atoms with Gasteiger partial charge in [-0.1, -0.05) is 30.7 Å². The Hall–Kier alpha value is -1.92. The fourth-order valence-electron chi connectivity index (χ4n) is 2.12. The van der Waals surface area contributed by atoms with Crippen LogP contribution in [0.2, 0.25) is 5.02 Å². The van der Waals surface area contributed by atoms with Gasteiger partial charge in [-0.15, -0.1) is 11.3 Å². The van der Waals surface area contributed by atoms with E-state index in [9.17, 15) is 4.79 Å². The second-order valence-corrected chi connectivity index (χ2v) is 5.88. The van der Waals surface area contributed by atoms with Crippen LogP contribution in [0.15, 0.2) is 29.1 Å². The Balaban J connectivity index is 2.43. The zero-order valence-electron chi connectivity index (χ0n) is 11.6. The largest absolute Gasteiger partial charge is 0.372 e. The number of hydrogen-bond donors (Lipinski definition) is 1. The van der Waals surface area contributed by atoms with Crippen LogP contribution in [0.3, 0.4) is 0 Å². The van der Waals surface area contributed by atoms with E-state index in [0.29, 0.717) is 22.2 Å². The van der Waals surface area contributed by atoms with E-state index in [1.165, 1.54) is 15.9 Å². The number of benzene rings is 1. The van der Waals surface area contributed by atoms with Gasteiger partial charge in [-0.05, 0) is 18.6 Å². The van der Waals surface area contributed by atoms with E-state index in [1.807, 2.05) is 19.1 Å². The summed E-state index contributed by atoms with van der Waals surface area (Å²) in [4.78, 5) is 21.0. The van der Waals surface area contributed by atoms with E-state index in [0.717, 1.165) is 16.1 Å². The third kappa shape index (κ3) is 2.30. The van der Waals surface area contributed by atoms with Crippen LogP contribution in [0.5, 0.6) is 0 Å². The van der Waals surface area contributed by atoms with E-state index in [2.05, 4.69) is 15.3 Å². The van der Waals surface area contributed by atoms with Gasteiger partial charge in [0.1, 0.15) is 4.70 Å². The molecule has 0 aliphatic carbocycles. The molecular weight excluding hydrogens is 308 g/mol. The van der Waals surface area contributed by atoms with Gasteiger partial charge in [-0.3, -0.25) is 0 Å². The molecule has 0 radical (unpaired) electrons. The predicted octanol–water partition coefficient (Wildman–Crippen LogP) is 3.10. The molecule has 1 N–H and O–H groups in total. The van der Waals surface area contributed by atoms with Gasteiger partial charge in [0.05, 0.1) is 15.7 Å². The van der Waals surface area contributed by atoms with Crippen molar-refractivity contribution >= 4 is 39.1 Å². The van der Waals surface area contributed by atoms with Crippen molar-refractivity contribution in [3.8, 4) is 5.69 Å². The van der Waals surface area contributed by atoms with E-state index < -0.39 is 5.69 Å². The number of aryl methyl sites for hydroxylation is 1. The molecule has 0 spiro atoms. The van der Waals surface area contributed by atoms with Crippen molar-refractivity contribution in [3.05, 3.63) is 44.8 Å². The lowest BCUT2D eigenvalue weighted by atomic mass is 10.3. The number of nitrogens with zero attached hydrogens (tertiary/aromatic N) is 3. The summed E-state index contributed by atoms with van der Waals surface area (Å²) >= 11 is 7.75. The van der Waals surface area contributed by atoms with Crippen LogP contribution >= 0.6 is 22.9 Å². The summed E-state index contributed by atoms with van der Waals surface area (Å²) in [5.41, 5.74) is 0.791. The highest BCUT2D eigenvalue weighted by Crippen LogP contribution is 2.29. The maximum atomic E-state index is 12.4. The minimum Gasteiger partial charge on any atom is -0.372 e. The third-order valence-electron chi connectivity index (χ3n) is 3.11. The van der Waals surface area contributed by atoms with Gasteiger partial charge in [0.2, 0.25) is 0 Å². The summed E-state index contributed by atoms with van der Waals surface area (Å²) < 4.78 is 2.32. The summed E-state index contributed by atoms with van der Waals surface area (Å²) in [6, 6.07) is 7.18. The molecule has 0 atom stereocenters. The molecule has 3 rings (SSSR count). The molecule has 0 amide bonds. The summed E-state index contributed by atoms with van der Waals surface area (Å²) in [5, 5.41) is 4.40. The van der Waals surface area contributed by atoms with Crippen molar-refractivity contribution in [3.63, 3.8) is 0 Å². The van der Waals surface area contributed by atoms with Crippen LogP contribution in [0, 0.1) is 0 Å². The molecule has 21 heavy (non-hydrogen) atoms. The van der Waals surface area contributed by atoms with Gasteiger partial charge in [0.15, 0.2) is 11.5 Å². The molecule has 2 heterocycles. The quantitative estimate of drug-likeness (QED) is 0.805. The Morgan fingerprint density at radius 3 is 2.76 bits per heavy atom. The lowest BCUT2D eigenvalue weighted by Gasteiger charge is -2.09. The van der Waals surface area contributed by atoms with Crippen molar-refractivity contribution in [1.29, 1.82) is 0 Å². The molecular formula is C14H13ClN4OS. The monoisotopic (exact) mass is 320 g/mol. The number of hydrogen-bond acceptors (Lipinski definition) is 5. The van der Waals surface area contributed by atoms with Gasteiger partial charge >= 0.3 is 5.69 Å². The van der Waals surface area contributed by atoms with Crippen molar-refractivity contribution < 1.29 is 0 Å². The molecule has 2 aromatic heterocycles. The smallest absolute Gasteiger partial charge is 0.355 e. The van der Waals surface area contributed by atoms with Crippen LogP contribution in [0.25, 0.3) is 16.0 Å². The van der Waals surface area contributed by atoms with Gasteiger partial charge < -0.3 is 5.32 Å². The fourth-order valence-corrected chi connectivity index (χ4v) is 3.32. The van der Waals surface area contributed by atoms with Gasteiger partial charge in [0.25, 0.3) is 0 Å². The second kappa shape index (κ2) is 5.46. The Morgan fingerprint density at radius 2 is 2.10 bits per heavy atom. The van der Waals surface area contributed by atoms with Crippen LogP contribution < -0.4 is 11.0 Å². The predicted molar refractivity (Wildman–Crippen MR) is 86.9 cm³/mol. The van der Waals surface area contributed by atoms with Crippen LogP contribution in [-0.4, -0.2) is 21.6 Å². The Morgan fingerprint density at radius 1 is 1.33 bits per heavy atom. The molecule has 0 saturated carbocycles. The standard InChI is InChI=1S/C14H13ClN4OS/c1-3-10-17-13-11(21-10)12(16-2)18-14(20)19(13)9-7-5-4-6-8(9)15/h4-7H,3H2,1-2H3,(H,16,18,20). The number of nitrogens with one attached hydrogen (secondary N) is 1. The van der Waals surface area contributed by atoms with E-state index in [-0.39, 0.29) is 0 Å². The topological polar surface area (TPSA) is 59.8 Å². The second-order valence-electron chi connectivity index (χ2n) is 4.39. The maximum absolute atomic E-state index is 12.4. The van der Waals surface area contributed by atoms with Crippen molar-refractivity contribution in [2.24, 2.45) is 0 Å². The molecule has 0 aliphatic rings. The Bertz CT molecular complexity index is 871. The molecule has 0 saturated heterocycles. The average molecular weight is 321 g/mol. The number of anilines is 1. The summed E-state index contributed by atoms with van der Waals surface area (Å²) in [7, 11) is 1.74. The summed E-state index contributed by atoms with van der Waals surface area (Å²) in [6.45, 7) is 2.03. The van der Waals surface area contributed by atoms with Gasteiger partial charge in [-0.2, -0.15) is 4.98 Å². The highest BCUT2D eigenvalue weighted by molar-refractivity contribution is 7.19. The first-order chi connectivity index (χ1) is 10.2. The molecule has 7 heteroatoms. The first kappa shape index (κ1) is 14.0. The first-order valence-corrected chi connectivity index (χ1v) is 7.70. The summed E-state index contributed by atoms with van der Waals surface area (Å²) in [6.07, 6.45) is 0.805. The van der Waals surface area contributed by atoms with Crippen LogP contribution in [-0.2, 0) is 6.42 Å². The zero-order valence-corrected chi connectivity index (χ0v) is 13.1. The SMILES string of the molecule is CCc1nc2c(s1)c(NC)nc(=O)n2-c1ccccc1Cl.